The van der Waals surface area contributed by atoms with E-state index in [1.54, 1.807) is 6.92 Å². The van der Waals surface area contributed by atoms with Crippen molar-refractivity contribution in [1.82, 2.24) is 4.40 Å². The molecule has 0 bridgehead atoms. The van der Waals surface area contributed by atoms with Crippen LogP contribution in [0.4, 0.5) is 0 Å². The number of allylic oxidation sites excluding steroid dienone is 1. The summed E-state index contributed by atoms with van der Waals surface area (Å²) in [5.74, 6) is -0.545. The summed E-state index contributed by atoms with van der Waals surface area (Å²) in [6.07, 6.45) is 4.08. The SMILES string of the molecule is CCOC(=O)CC(O)CC(=O)C=Cc1c(-c2ccccc2)c2c3ccccc3ccn2c1C(C)C. The topological polar surface area (TPSA) is 68.0 Å². The van der Waals surface area contributed by atoms with Gasteiger partial charge in [0.15, 0.2) is 5.78 Å². The van der Waals surface area contributed by atoms with E-state index in [1.807, 2.05) is 36.4 Å². The monoisotopic (exact) mass is 469 g/mol. The average molecular weight is 470 g/mol. The molecule has 180 valence electrons. The number of ether oxygens (including phenoxy) is 1. The molecule has 0 aliphatic carbocycles. The van der Waals surface area contributed by atoms with E-state index in [2.05, 4.69) is 54.8 Å². The molecule has 0 aliphatic heterocycles. The molecule has 1 atom stereocenters. The van der Waals surface area contributed by atoms with Crippen molar-refractivity contribution >= 4 is 34.1 Å². The number of nitrogens with zero attached hydrogens (tertiary/aromatic N) is 1. The number of rotatable bonds is 9. The van der Waals surface area contributed by atoms with Crippen molar-refractivity contribution in [3.8, 4) is 11.1 Å². The first-order valence-electron chi connectivity index (χ1n) is 12.1. The number of esters is 1. The lowest BCUT2D eigenvalue weighted by atomic mass is 9.95. The molecule has 4 aromatic rings. The number of aromatic nitrogens is 1. The number of fused-ring (bicyclic) bond motifs is 3. The minimum atomic E-state index is -1.07. The van der Waals surface area contributed by atoms with Gasteiger partial charge in [-0.2, -0.15) is 0 Å². The molecule has 0 radical (unpaired) electrons. The number of carbonyl (C=O) groups is 2. The second kappa shape index (κ2) is 10.7. The van der Waals surface area contributed by atoms with Crippen LogP contribution < -0.4 is 0 Å². The fraction of sp³-hybridized carbons (Fsp3) is 0.267. The van der Waals surface area contributed by atoms with E-state index >= 15 is 0 Å². The van der Waals surface area contributed by atoms with E-state index in [4.69, 9.17) is 4.74 Å². The number of ketones is 1. The molecule has 0 amide bonds. The van der Waals surface area contributed by atoms with Crippen LogP contribution in [0, 0.1) is 0 Å². The van der Waals surface area contributed by atoms with Gasteiger partial charge < -0.3 is 14.2 Å². The van der Waals surface area contributed by atoms with Crippen LogP contribution in [0.2, 0.25) is 0 Å². The molecular formula is C30H31NO4. The molecule has 35 heavy (non-hydrogen) atoms. The van der Waals surface area contributed by atoms with Crippen LogP contribution in [-0.4, -0.2) is 34.0 Å². The Morgan fingerprint density at radius 2 is 1.71 bits per heavy atom. The highest BCUT2D eigenvalue weighted by molar-refractivity contribution is 6.07. The van der Waals surface area contributed by atoms with Crippen molar-refractivity contribution in [2.24, 2.45) is 0 Å². The van der Waals surface area contributed by atoms with Gasteiger partial charge >= 0.3 is 5.97 Å². The summed E-state index contributed by atoms with van der Waals surface area (Å²) in [5.41, 5.74) is 5.34. The van der Waals surface area contributed by atoms with E-state index < -0.39 is 12.1 Å². The minimum absolute atomic E-state index is 0.136. The lowest BCUT2D eigenvalue weighted by Gasteiger charge is -2.10. The Morgan fingerprint density at radius 3 is 2.43 bits per heavy atom. The number of benzene rings is 2. The number of pyridine rings is 1. The average Bonchev–Trinajstić information content (AvgIpc) is 3.18. The third-order valence-corrected chi connectivity index (χ3v) is 6.09. The summed E-state index contributed by atoms with van der Waals surface area (Å²) in [6, 6.07) is 20.6. The summed E-state index contributed by atoms with van der Waals surface area (Å²) < 4.78 is 7.10. The molecule has 2 aromatic heterocycles. The maximum absolute atomic E-state index is 12.7. The summed E-state index contributed by atoms with van der Waals surface area (Å²) in [7, 11) is 0. The third kappa shape index (κ3) is 5.20. The first-order chi connectivity index (χ1) is 16.9. The summed E-state index contributed by atoms with van der Waals surface area (Å²) in [5, 5.41) is 12.5. The van der Waals surface area contributed by atoms with E-state index in [0.29, 0.717) is 0 Å². The Morgan fingerprint density at radius 1 is 1.00 bits per heavy atom. The van der Waals surface area contributed by atoms with Gasteiger partial charge in [0.2, 0.25) is 0 Å². The number of aliphatic hydroxyl groups is 1. The van der Waals surface area contributed by atoms with Gasteiger partial charge in [-0.25, -0.2) is 0 Å². The molecule has 0 saturated heterocycles. The zero-order chi connectivity index (χ0) is 24.9. The van der Waals surface area contributed by atoms with Crippen molar-refractivity contribution in [2.45, 2.75) is 45.6 Å². The standard InChI is InChI=1S/C30H31NO4/c1-4-35-27(34)19-24(33)18-23(32)14-15-26-28(22-11-6-5-7-12-22)30-25-13-9-8-10-21(25)16-17-31(30)29(26)20(2)3/h5-17,20,24,33H,4,18-19H2,1-3H3. The fourth-order valence-electron chi connectivity index (χ4n) is 4.67. The Kier molecular flexibility index (Phi) is 7.47. The van der Waals surface area contributed by atoms with Crippen LogP contribution in [0.3, 0.4) is 0 Å². The minimum Gasteiger partial charge on any atom is -0.466 e. The van der Waals surface area contributed by atoms with Gasteiger partial charge in [0, 0.05) is 34.8 Å². The Labute approximate surface area is 205 Å². The van der Waals surface area contributed by atoms with Crippen LogP contribution in [0.15, 0.2) is 72.9 Å². The van der Waals surface area contributed by atoms with Crippen molar-refractivity contribution in [3.63, 3.8) is 0 Å². The number of aliphatic hydroxyl groups excluding tert-OH is 1. The van der Waals surface area contributed by atoms with Crippen LogP contribution >= 0.6 is 0 Å². The van der Waals surface area contributed by atoms with Gasteiger partial charge in [0.1, 0.15) is 0 Å². The lowest BCUT2D eigenvalue weighted by molar-refractivity contribution is -0.145. The van der Waals surface area contributed by atoms with Crippen LogP contribution in [0.5, 0.6) is 0 Å². The second-order valence-corrected chi connectivity index (χ2v) is 8.98. The van der Waals surface area contributed by atoms with Gasteiger partial charge in [0.05, 0.1) is 24.6 Å². The number of carbonyl (C=O) groups excluding carboxylic acids is 2. The molecule has 0 saturated carbocycles. The molecular weight excluding hydrogens is 438 g/mol. The highest BCUT2D eigenvalue weighted by Gasteiger charge is 2.22. The summed E-state index contributed by atoms with van der Waals surface area (Å²) in [6.45, 7) is 6.25. The zero-order valence-electron chi connectivity index (χ0n) is 20.4. The lowest BCUT2D eigenvalue weighted by Crippen LogP contribution is -2.18. The van der Waals surface area contributed by atoms with E-state index in [-0.39, 0.29) is 31.1 Å². The molecule has 0 spiro atoms. The van der Waals surface area contributed by atoms with Crippen LogP contribution in [0.25, 0.3) is 33.5 Å². The molecule has 4 rings (SSSR count). The Hall–Kier alpha value is -3.70. The smallest absolute Gasteiger partial charge is 0.308 e. The molecule has 0 aliphatic rings. The molecule has 2 aromatic carbocycles. The molecule has 5 nitrogen and oxygen atoms in total. The largest absolute Gasteiger partial charge is 0.466 e. The Balaban J connectivity index is 1.82. The molecule has 0 fully saturated rings. The van der Waals surface area contributed by atoms with Crippen LogP contribution in [-0.2, 0) is 14.3 Å². The van der Waals surface area contributed by atoms with Crippen molar-refractivity contribution in [1.29, 1.82) is 0 Å². The van der Waals surface area contributed by atoms with Gasteiger partial charge in [-0.05, 0) is 42.0 Å². The second-order valence-electron chi connectivity index (χ2n) is 8.98. The quantitative estimate of drug-likeness (QED) is 0.235. The highest BCUT2D eigenvalue weighted by atomic mass is 16.5. The van der Waals surface area contributed by atoms with Gasteiger partial charge in [-0.1, -0.05) is 68.4 Å². The molecule has 2 heterocycles. The highest BCUT2D eigenvalue weighted by Crippen LogP contribution is 2.40. The Bertz CT molecular complexity index is 1380. The summed E-state index contributed by atoms with van der Waals surface area (Å²) >= 11 is 0. The van der Waals surface area contributed by atoms with E-state index in [1.165, 1.54) is 6.08 Å². The fourth-order valence-corrected chi connectivity index (χ4v) is 4.67. The molecule has 5 heteroatoms. The van der Waals surface area contributed by atoms with Crippen molar-refractivity contribution in [3.05, 3.63) is 84.2 Å². The molecule has 1 unspecified atom stereocenters. The maximum Gasteiger partial charge on any atom is 0.308 e. The maximum atomic E-state index is 12.7. The predicted molar refractivity (Wildman–Crippen MR) is 140 cm³/mol. The molecule has 1 N–H and O–H groups in total. The predicted octanol–water partition coefficient (Wildman–Crippen LogP) is 6.17. The van der Waals surface area contributed by atoms with E-state index in [0.717, 1.165) is 38.7 Å². The first kappa shape index (κ1) is 24.4. The van der Waals surface area contributed by atoms with Crippen LogP contribution in [0.1, 0.15) is 50.8 Å². The zero-order valence-corrected chi connectivity index (χ0v) is 20.4. The number of hydrogen-bond donors (Lipinski definition) is 1. The normalized spacial score (nSPS) is 12.6. The van der Waals surface area contributed by atoms with E-state index in [9.17, 15) is 14.7 Å². The van der Waals surface area contributed by atoms with Gasteiger partial charge in [-0.3, -0.25) is 9.59 Å². The first-order valence-corrected chi connectivity index (χ1v) is 12.1. The van der Waals surface area contributed by atoms with Gasteiger partial charge in [0.25, 0.3) is 0 Å². The van der Waals surface area contributed by atoms with Crippen molar-refractivity contribution < 1.29 is 19.4 Å². The third-order valence-electron chi connectivity index (χ3n) is 6.09. The van der Waals surface area contributed by atoms with Crippen molar-refractivity contribution in [2.75, 3.05) is 6.61 Å². The van der Waals surface area contributed by atoms with Gasteiger partial charge in [-0.15, -0.1) is 0 Å². The number of hydrogen-bond acceptors (Lipinski definition) is 4. The summed E-state index contributed by atoms with van der Waals surface area (Å²) in [4.78, 5) is 24.3.